The second kappa shape index (κ2) is 12.6. The third-order valence-electron chi connectivity index (χ3n) is 3.01. The summed E-state index contributed by atoms with van der Waals surface area (Å²) in [5.41, 5.74) is 0. The van der Waals surface area contributed by atoms with Crippen LogP contribution in [0.3, 0.4) is 0 Å². The summed E-state index contributed by atoms with van der Waals surface area (Å²) in [6.45, 7) is 2.35. The van der Waals surface area contributed by atoms with Crippen LogP contribution >= 0.6 is 92.8 Å². The molecule has 0 aromatic heterocycles. The molecule has 4 atom stereocenters. The van der Waals surface area contributed by atoms with Crippen molar-refractivity contribution in [3.63, 3.8) is 0 Å². The molecule has 21 heavy (non-hydrogen) atoms. The lowest BCUT2D eigenvalue weighted by Gasteiger charge is -2.42. The Hall–Kier alpha value is 2.28. The van der Waals surface area contributed by atoms with E-state index in [4.69, 9.17) is 92.8 Å². The highest BCUT2D eigenvalue weighted by atomic mass is 35.5. The van der Waals surface area contributed by atoms with Crippen LogP contribution < -0.4 is 0 Å². The standard InChI is InChI=1S/C12H20Cl8N/c13-1-9(17)5-21(6-10(18)2-14,7-11(19)3-15)8-12(20)4-16/h9-12H,1-8H2/q+1. The van der Waals surface area contributed by atoms with E-state index in [1.165, 1.54) is 0 Å². The molecule has 0 fully saturated rings. The molecule has 0 N–H and O–H groups in total. The predicted molar refractivity (Wildman–Crippen MR) is 101 cm³/mol. The summed E-state index contributed by atoms with van der Waals surface area (Å²) in [6.07, 6.45) is 0. The molecule has 0 rings (SSSR count). The summed E-state index contributed by atoms with van der Waals surface area (Å²) in [7, 11) is 0. The van der Waals surface area contributed by atoms with Gasteiger partial charge in [-0.05, 0) is 0 Å². The van der Waals surface area contributed by atoms with Gasteiger partial charge in [0.25, 0.3) is 0 Å². The van der Waals surface area contributed by atoms with Crippen LogP contribution in [-0.4, -0.2) is 75.7 Å². The van der Waals surface area contributed by atoms with E-state index in [1.807, 2.05) is 0 Å². The van der Waals surface area contributed by atoms with Gasteiger partial charge < -0.3 is 4.48 Å². The summed E-state index contributed by atoms with van der Waals surface area (Å²) in [5, 5.41) is -0.873. The summed E-state index contributed by atoms with van der Waals surface area (Å²) < 4.78 is 0.504. The number of halogens is 8. The topological polar surface area (TPSA) is 0 Å². The third-order valence-corrected chi connectivity index (χ3v) is 6.30. The lowest BCUT2D eigenvalue weighted by Crippen LogP contribution is -2.60. The minimum atomic E-state index is -0.218. The van der Waals surface area contributed by atoms with Crippen molar-refractivity contribution < 1.29 is 4.48 Å². The molecule has 0 saturated heterocycles. The fourth-order valence-corrected chi connectivity index (χ4v) is 3.88. The van der Waals surface area contributed by atoms with Crippen LogP contribution in [0, 0.1) is 0 Å². The molecular formula is C12H20Cl8N+. The van der Waals surface area contributed by atoms with E-state index >= 15 is 0 Å². The molecule has 0 amide bonds. The van der Waals surface area contributed by atoms with Gasteiger partial charge in [-0.1, -0.05) is 0 Å². The minimum Gasteiger partial charge on any atom is -0.319 e. The molecule has 9 heteroatoms. The molecule has 4 unspecified atom stereocenters. The van der Waals surface area contributed by atoms with Crippen molar-refractivity contribution in [2.75, 3.05) is 49.7 Å². The molecule has 0 aliphatic carbocycles. The van der Waals surface area contributed by atoms with Crippen LogP contribution in [0.15, 0.2) is 0 Å². The van der Waals surface area contributed by atoms with Gasteiger partial charge >= 0.3 is 0 Å². The highest BCUT2D eigenvalue weighted by molar-refractivity contribution is 6.29. The van der Waals surface area contributed by atoms with Crippen molar-refractivity contribution in [3.8, 4) is 0 Å². The fraction of sp³-hybridized carbons (Fsp3) is 1.00. The fourth-order valence-electron chi connectivity index (χ4n) is 2.32. The molecule has 0 aromatic carbocycles. The van der Waals surface area contributed by atoms with E-state index in [0.29, 0.717) is 54.2 Å². The highest BCUT2D eigenvalue weighted by Gasteiger charge is 2.36. The third kappa shape index (κ3) is 9.99. The Morgan fingerprint density at radius 2 is 0.667 bits per heavy atom. The summed E-state index contributed by atoms with van der Waals surface area (Å²) in [5.74, 6) is 1.32. The second-order valence-electron chi connectivity index (χ2n) is 5.08. The summed E-state index contributed by atoms with van der Waals surface area (Å²) >= 11 is 48.4. The zero-order chi connectivity index (χ0) is 16.5. The lowest BCUT2D eigenvalue weighted by atomic mass is 10.2. The van der Waals surface area contributed by atoms with E-state index < -0.39 is 0 Å². The quantitative estimate of drug-likeness (QED) is 0.277. The predicted octanol–water partition coefficient (Wildman–Crippen LogP) is 5.19. The molecule has 0 saturated carbocycles. The Morgan fingerprint density at radius 3 is 0.810 bits per heavy atom. The monoisotopic (exact) mass is 458 g/mol. The Kier molecular flexibility index (Phi) is 14.0. The van der Waals surface area contributed by atoms with E-state index in [9.17, 15) is 0 Å². The van der Waals surface area contributed by atoms with Gasteiger partial charge in [-0.2, -0.15) is 0 Å². The maximum Gasteiger partial charge on any atom is 0.0966 e. The van der Waals surface area contributed by atoms with Crippen LogP contribution in [0.25, 0.3) is 0 Å². The van der Waals surface area contributed by atoms with Gasteiger partial charge in [0, 0.05) is 23.5 Å². The van der Waals surface area contributed by atoms with Gasteiger partial charge in [0.2, 0.25) is 0 Å². The Labute approximate surface area is 167 Å². The van der Waals surface area contributed by atoms with Gasteiger partial charge in [0.15, 0.2) is 0 Å². The SMILES string of the molecule is ClCC(Cl)C[N+](CC(Cl)CCl)(CC(Cl)CCl)CC(Cl)CCl. The zero-order valence-electron chi connectivity index (χ0n) is 11.4. The summed E-state index contributed by atoms with van der Waals surface area (Å²) in [4.78, 5) is 0. The Bertz CT molecular complexity index is 214. The number of rotatable bonds is 12. The molecule has 0 bridgehead atoms. The number of alkyl halides is 8. The number of nitrogens with zero attached hydrogens (tertiary/aromatic N) is 1. The second-order valence-corrected chi connectivity index (χ2v) is 8.78. The van der Waals surface area contributed by atoms with Crippen LogP contribution in [0.2, 0.25) is 0 Å². The average molecular weight is 462 g/mol. The van der Waals surface area contributed by atoms with Crippen LogP contribution in [0.5, 0.6) is 0 Å². The van der Waals surface area contributed by atoms with Crippen molar-refractivity contribution in [1.29, 1.82) is 0 Å². The average Bonchev–Trinajstić information content (AvgIpc) is 2.46. The van der Waals surface area contributed by atoms with Crippen LogP contribution in [0.1, 0.15) is 0 Å². The molecule has 0 aliphatic rings. The van der Waals surface area contributed by atoms with E-state index in [-0.39, 0.29) is 21.5 Å². The first kappa shape index (κ1) is 23.3. The Morgan fingerprint density at radius 1 is 0.476 bits per heavy atom. The van der Waals surface area contributed by atoms with Gasteiger partial charge in [0.05, 0.1) is 47.7 Å². The molecule has 0 aromatic rings. The normalized spacial score (nSPS) is 20.6. The van der Waals surface area contributed by atoms with E-state index in [1.54, 1.807) is 0 Å². The van der Waals surface area contributed by atoms with Crippen LogP contribution in [0.4, 0.5) is 0 Å². The van der Waals surface area contributed by atoms with Crippen molar-refractivity contribution in [2.45, 2.75) is 21.5 Å². The number of hydrogen-bond donors (Lipinski definition) is 0. The molecule has 0 aliphatic heterocycles. The number of quaternary nitrogens is 1. The first-order chi connectivity index (χ1) is 9.82. The van der Waals surface area contributed by atoms with Crippen molar-refractivity contribution in [2.24, 2.45) is 0 Å². The summed E-state index contributed by atoms with van der Waals surface area (Å²) in [6, 6.07) is 0. The number of hydrogen-bond acceptors (Lipinski definition) is 0. The minimum absolute atomic E-state index is 0.218. The molecule has 1 nitrogen and oxygen atoms in total. The van der Waals surface area contributed by atoms with E-state index in [2.05, 4.69) is 0 Å². The van der Waals surface area contributed by atoms with E-state index in [0.717, 1.165) is 0 Å². The maximum absolute atomic E-state index is 6.25. The first-order valence-electron chi connectivity index (χ1n) is 6.47. The zero-order valence-corrected chi connectivity index (χ0v) is 17.5. The molecule has 0 radical (unpaired) electrons. The maximum atomic E-state index is 6.25. The molecule has 0 spiro atoms. The lowest BCUT2D eigenvalue weighted by molar-refractivity contribution is -0.926. The highest BCUT2D eigenvalue weighted by Crippen LogP contribution is 2.22. The smallest absolute Gasteiger partial charge is 0.0966 e. The molecule has 128 valence electrons. The molecular weight excluding hydrogens is 442 g/mol. The van der Waals surface area contributed by atoms with Gasteiger partial charge in [-0.3, -0.25) is 0 Å². The van der Waals surface area contributed by atoms with Crippen molar-refractivity contribution >= 4 is 92.8 Å². The van der Waals surface area contributed by atoms with Crippen LogP contribution in [-0.2, 0) is 0 Å². The largest absolute Gasteiger partial charge is 0.319 e. The van der Waals surface area contributed by atoms with Crippen molar-refractivity contribution in [1.82, 2.24) is 0 Å². The van der Waals surface area contributed by atoms with Gasteiger partial charge in [-0.25, -0.2) is 0 Å². The van der Waals surface area contributed by atoms with Gasteiger partial charge in [-0.15, -0.1) is 92.8 Å². The first-order valence-corrected chi connectivity index (χ1v) is 10.4. The van der Waals surface area contributed by atoms with Crippen molar-refractivity contribution in [3.05, 3.63) is 0 Å². The van der Waals surface area contributed by atoms with Gasteiger partial charge in [0.1, 0.15) is 0 Å². The Balaban J connectivity index is 5.23. The molecule has 0 heterocycles.